The normalized spacial score (nSPS) is 31.5. The third-order valence-corrected chi connectivity index (χ3v) is 4.56. The summed E-state index contributed by atoms with van der Waals surface area (Å²) in [6.07, 6.45) is 12.1. The van der Waals surface area contributed by atoms with Crippen molar-refractivity contribution in [3.8, 4) is 0 Å². The molecule has 1 aliphatic carbocycles. The van der Waals surface area contributed by atoms with E-state index < -0.39 is 0 Å². The van der Waals surface area contributed by atoms with E-state index in [1.165, 1.54) is 25.7 Å². The van der Waals surface area contributed by atoms with Gasteiger partial charge < -0.3 is 0 Å². The van der Waals surface area contributed by atoms with Crippen LogP contribution in [0, 0.1) is 5.92 Å². The van der Waals surface area contributed by atoms with Crippen LogP contribution in [0.5, 0.6) is 0 Å². The maximum Gasteiger partial charge on any atom is -0.0170 e. The molecule has 0 aromatic heterocycles. The van der Waals surface area contributed by atoms with Crippen LogP contribution < -0.4 is 0 Å². The molecule has 0 radical (unpaired) electrons. The third kappa shape index (κ3) is 2.27. The molecule has 1 heterocycles. The van der Waals surface area contributed by atoms with Gasteiger partial charge in [-0.1, -0.05) is 29.7 Å². The fraction of sp³-hybridized carbons (Fsp3) is 0.462. The molecule has 2 atom stereocenters. The van der Waals surface area contributed by atoms with E-state index in [0.717, 1.165) is 5.92 Å². The largest absolute Gasteiger partial charge is 0.142 e. The molecule has 0 spiro atoms. The maximum atomic E-state index is 4.16. The summed E-state index contributed by atoms with van der Waals surface area (Å²) in [5.41, 5.74) is 1.58. The second-order valence-electron chi connectivity index (χ2n) is 4.29. The van der Waals surface area contributed by atoms with Gasteiger partial charge in [-0.15, -0.1) is 10.5 Å². The Balaban J connectivity index is 1.91. The van der Waals surface area contributed by atoms with Gasteiger partial charge in [-0.3, -0.25) is 0 Å². The first-order valence-corrected chi connectivity index (χ1v) is 6.77. The second kappa shape index (κ2) is 4.31. The van der Waals surface area contributed by atoms with Crippen LogP contribution in [0.4, 0.5) is 0 Å². The zero-order valence-electron chi connectivity index (χ0n) is 8.83. The average molecular weight is 206 g/mol. The van der Waals surface area contributed by atoms with Gasteiger partial charge in [0, 0.05) is 0 Å². The summed E-state index contributed by atoms with van der Waals surface area (Å²) >= 11 is 0. The molecule has 1 aliphatic heterocycles. The molecule has 0 bridgehead atoms. The molecular weight excluding hydrogens is 188 g/mol. The molecule has 76 valence electrons. The van der Waals surface area contributed by atoms with Crippen molar-refractivity contribution in [2.75, 3.05) is 0 Å². The van der Waals surface area contributed by atoms with Gasteiger partial charge in [0.15, 0.2) is 0 Å². The van der Waals surface area contributed by atoms with Crippen LogP contribution in [0.3, 0.4) is 0 Å². The maximum absolute atomic E-state index is 4.16. The Morgan fingerprint density at radius 1 is 1.57 bits per heavy atom. The first-order valence-electron chi connectivity index (χ1n) is 5.31. The molecule has 2 unspecified atom stereocenters. The number of allylic oxidation sites excluding steroid dienone is 5. The van der Waals surface area contributed by atoms with E-state index >= 15 is 0 Å². The third-order valence-electron chi connectivity index (χ3n) is 3.10. The Bertz CT molecular complexity index is 331. The SMILES string of the molecule is C=S1C=CC=C1CC1CC=C(C)CC1. The molecule has 0 saturated carbocycles. The van der Waals surface area contributed by atoms with Crippen molar-refractivity contribution in [3.63, 3.8) is 0 Å². The Labute approximate surface area is 89.3 Å². The number of hydrogen-bond acceptors (Lipinski definition) is 0. The topological polar surface area (TPSA) is 0 Å². The molecular formula is C13H18S. The van der Waals surface area contributed by atoms with Crippen LogP contribution in [0.15, 0.2) is 34.1 Å². The van der Waals surface area contributed by atoms with E-state index in [4.69, 9.17) is 0 Å². The van der Waals surface area contributed by atoms with Crippen molar-refractivity contribution >= 4 is 16.4 Å². The Kier molecular flexibility index (Phi) is 3.07. The van der Waals surface area contributed by atoms with Crippen LogP contribution in [0.2, 0.25) is 0 Å². The van der Waals surface area contributed by atoms with E-state index in [1.54, 1.807) is 10.5 Å². The van der Waals surface area contributed by atoms with Gasteiger partial charge in [0.2, 0.25) is 0 Å². The highest BCUT2D eigenvalue weighted by Crippen LogP contribution is 2.38. The minimum absolute atomic E-state index is 0.189. The number of rotatable bonds is 2. The van der Waals surface area contributed by atoms with Crippen LogP contribution in [-0.4, -0.2) is 5.87 Å². The lowest BCUT2D eigenvalue weighted by Crippen LogP contribution is -2.05. The molecule has 0 N–H and O–H groups in total. The zero-order valence-corrected chi connectivity index (χ0v) is 9.65. The average Bonchev–Trinajstić information content (AvgIpc) is 2.56. The first-order chi connectivity index (χ1) is 6.75. The summed E-state index contributed by atoms with van der Waals surface area (Å²) in [7, 11) is 0.189. The molecule has 0 aromatic rings. The molecule has 0 nitrogen and oxygen atoms in total. The van der Waals surface area contributed by atoms with Crippen LogP contribution >= 0.6 is 10.5 Å². The highest BCUT2D eigenvalue weighted by Gasteiger charge is 2.15. The van der Waals surface area contributed by atoms with E-state index in [-0.39, 0.29) is 10.5 Å². The quantitative estimate of drug-likeness (QED) is 0.468. The van der Waals surface area contributed by atoms with Gasteiger partial charge in [0.25, 0.3) is 0 Å². The van der Waals surface area contributed by atoms with Crippen molar-refractivity contribution in [3.05, 3.63) is 34.1 Å². The molecule has 2 rings (SSSR count). The Morgan fingerprint density at radius 2 is 2.43 bits per heavy atom. The van der Waals surface area contributed by atoms with Crippen molar-refractivity contribution in [1.29, 1.82) is 0 Å². The van der Waals surface area contributed by atoms with Gasteiger partial charge in [-0.2, -0.15) is 0 Å². The fourth-order valence-corrected chi connectivity index (χ4v) is 3.23. The highest BCUT2D eigenvalue weighted by atomic mass is 32.2. The summed E-state index contributed by atoms with van der Waals surface area (Å²) in [5, 5.41) is 2.22. The molecule has 0 aromatic carbocycles. The lowest BCUT2D eigenvalue weighted by atomic mass is 9.88. The van der Waals surface area contributed by atoms with Crippen LogP contribution in [-0.2, 0) is 0 Å². The van der Waals surface area contributed by atoms with Crippen LogP contribution in [0.25, 0.3) is 0 Å². The predicted molar refractivity (Wildman–Crippen MR) is 67.7 cm³/mol. The predicted octanol–water partition coefficient (Wildman–Crippen LogP) is 4.24. The number of hydrogen-bond donors (Lipinski definition) is 0. The van der Waals surface area contributed by atoms with E-state index in [9.17, 15) is 0 Å². The van der Waals surface area contributed by atoms with E-state index in [2.05, 4.69) is 36.4 Å². The summed E-state index contributed by atoms with van der Waals surface area (Å²) in [6.45, 7) is 2.25. The summed E-state index contributed by atoms with van der Waals surface area (Å²) < 4.78 is 0. The van der Waals surface area contributed by atoms with Crippen molar-refractivity contribution < 1.29 is 0 Å². The molecule has 0 fully saturated rings. The summed E-state index contributed by atoms with van der Waals surface area (Å²) in [5.74, 6) is 5.03. The summed E-state index contributed by atoms with van der Waals surface area (Å²) in [4.78, 5) is 1.56. The van der Waals surface area contributed by atoms with E-state index in [0.29, 0.717) is 0 Å². The standard InChI is InChI=1S/C13H18S/c1-11-5-7-12(8-6-11)10-13-4-3-9-14(13)2/h3-5,9,12H,2,6-8,10H2,1H3. The molecule has 2 aliphatic rings. The smallest absolute Gasteiger partial charge is 0.0170 e. The van der Waals surface area contributed by atoms with Crippen LogP contribution in [0.1, 0.15) is 32.6 Å². The minimum atomic E-state index is 0.189. The van der Waals surface area contributed by atoms with Gasteiger partial charge >= 0.3 is 0 Å². The molecule has 14 heavy (non-hydrogen) atoms. The lowest BCUT2D eigenvalue weighted by molar-refractivity contribution is 0.473. The second-order valence-corrected chi connectivity index (χ2v) is 5.94. The monoisotopic (exact) mass is 206 g/mol. The molecule has 0 saturated heterocycles. The van der Waals surface area contributed by atoms with Crippen molar-refractivity contribution in [2.24, 2.45) is 5.92 Å². The highest BCUT2D eigenvalue weighted by molar-refractivity contribution is 8.20. The zero-order chi connectivity index (χ0) is 9.97. The Morgan fingerprint density at radius 3 is 3.00 bits per heavy atom. The van der Waals surface area contributed by atoms with Gasteiger partial charge in [-0.05, 0) is 48.8 Å². The molecule has 0 amide bonds. The molecule has 1 heteroatoms. The van der Waals surface area contributed by atoms with E-state index in [1.807, 2.05) is 0 Å². The summed E-state index contributed by atoms with van der Waals surface area (Å²) in [6, 6.07) is 0. The van der Waals surface area contributed by atoms with Gasteiger partial charge in [0.1, 0.15) is 0 Å². The first kappa shape index (κ1) is 9.97. The van der Waals surface area contributed by atoms with Crippen molar-refractivity contribution in [2.45, 2.75) is 32.6 Å². The fourth-order valence-electron chi connectivity index (χ4n) is 2.08. The van der Waals surface area contributed by atoms with Gasteiger partial charge in [-0.25, -0.2) is 0 Å². The lowest BCUT2D eigenvalue weighted by Gasteiger charge is -2.21. The van der Waals surface area contributed by atoms with Gasteiger partial charge in [0.05, 0.1) is 0 Å². The minimum Gasteiger partial charge on any atom is -0.142 e. The Hall–Kier alpha value is -0.560. The van der Waals surface area contributed by atoms with Crippen molar-refractivity contribution in [1.82, 2.24) is 0 Å².